The van der Waals surface area contributed by atoms with Crippen molar-refractivity contribution < 1.29 is 19.1 Å². The summed E-state index contributed by atoms with van der Waals surface area (Å²) < 4.78 is 13.0. The third kappa shape index (κ3) is 7.29. The minimum atomic E-state index is -0.892. The number of benzene rings is 1. The van der Waals surface area contributed by atoms with Crippen molar-refractivity contribution >= 4 is 12.0 Å². The number of carboxylic acid groups (broad SMARTS) is 1. The monoisotopic (exact) mass is 296 g/mol. The van der Waals surface area contributed by atoms with Crippen molar-refractivity contribution in [2.24, 2.45) is 0 Å². The quantitative estimate of drug-likeness (QED) is 0.722. The lowest BCUT2D eigenvalue weighted by atomic mass is 9.99. The molecule has 2 amide bonds. The summed E-state index contributed by atoms with van der Waals surface area (Å²) >= 11 is 0. The minimum absolute atomic E-state index is 0.00340. The fourth-order valence-electron chi connectivity index (χ4n) is 1.85. The van der Waals surface area contributed by atoms with Crippen LogP contribution in [-0.2, 0) is 11.2 Å². The zero-order chi connectivity index (χ0) is 15.9. The van der Waals surface area contributed by atoms with Crippen molar-refractivity contribution in [3.05, 3.63) is 35.6 Å². The fraction of sp³-hybridized carbons (Fsp3) is 0.467. The highest BCUT2D eigenvalue weighted by molar-refractivity contribution is 5.74. The van der Waals surface area contributed by atoms with Crippen molar-refractivity contribution in [3.63, 3.8) is 0 Å². The highest BCUT2D eigenvalue weighted by Crippen LogP contribution is 2.10. The van der Waals surface area contributed by atoms with E-state index in [0.29, 0.717) is 19.4 Å². The average molecular weight is 296 g/mol. The zero-order valence-electron chi connectivity index (χ0n) is 12.3. The Morgan fingerprint density at radius 3 is 2.67 bits per heavy atom. The molecular formula is C15H21FN2O3. The van der Waals surface area contributed by atoms with Crippen LogP contribution in [0.5, 0.6) is 0 Å². The molecule has 116 valence electrons. The van der Waals surface area contributed by atoms with Crippen LogP contribution in [0, 0.1) is 5.82 Å². The Morgan fingerprint density at radius 2 is 2.05 bits per heavy atom. The Bertz CT molecular complexity index is 503. The Hall–Kier alpha value is -2.11. The van der Waals surface area contributed by atoms with E-state index in [9.17, 15) is 14.0 Å². The van der Waals surface area contributed by atoms with Gasteiger partial charge in [0.15, 0.2) is 0 Å². The molecule has 0 saturated carbocycles. The van der Waals surface area contributed by atoms with E-state index in [4.69, 9.17) is 5.11 Å². The molecule has 3 N–H and O–H groups in total. The Kier molecular flexibility index (Phi) is 6.14. The van der Waals surface area contributed by atoms with Gasteiger partial charge in [-0.2, -0.15) is 0 Å². The normalized spacial score (nSPS) is 11.0. The molecule has 1 aromatic carbocycles. The number of hydrogen-bond donors (Lipinski definition) is 3. The highest BCUT2D eigenvalue weighted by Gasteiger charge is 2.21. The molecule has 0 aliphatic carbocycles. The number of hydrogen-bond acceptors (Lipinski definition) is 2. The first-order chi connectivity index (χ1) is 9.78. The lowest BCUT2D eigenvalue weighted by molar-refractivity contribution is -0.137. The molecule has 0 heterocycles. The summed E-state index contributed by atoms with van der Waals surface area (Å²) in [6, 6.07) is 5.85. The maximum Gasteiger partial charge on any atom is 0.315 e. The Morgan fingerprint density at radius 1 is 1.33 bits per heavy atom. The second kappa shape index (κ2) is 7.61. The summed E-state index contributed by atoms with van der Waals surface area (Å²) in [5.74, 6) is -1.19. The average Bonchev–Trinajstić information content (AvgIpc) is 2.36. The molecule has 0 fully saturated rings. The molecule has 1 aromatic rings. The number of halogens is 1. The van der Waals surface area contributed by atoms with Gasteiger partial charge in [0.2, 0.25) is 0 Å². The first-order valence-electron chi connectivity index (χ1n) is 6.81. The van der Waals surface area contributed by atoms with E-state index in [1.54, 1.807) is 26.0 Å². The number of carbonyl (C=O) groups is 2. The third-order valence-corrected chi connectivity index (χ3v) is 3.00. The Labute approximate surface area is 123 Å². The number of nitrogens with one attached hydrogen (secondary N) is 2. The second-order valence-corrected chi connectivity index (χ2v) is 5.54. The van der Waals surface area contributed by atoms with Gasteiger partial charge < -0.3 is 15.7 Å². The topological polar surface area (TPSA) is 78.4 Å². The van der Waals surface area contributed by atoms with E-state index in [1.807, 2.05) is 0 Å². The predicted molar refractivity (Wildman–Crippen MR) is 77.6 cm³/mol. The summed E-state index contributed by atoms with van der Waals surface area (Å²) in [6.07, 6.45) is 0.872. The summed E-state index contributed by atoms with van der Waals surface area (Å²) in [4.78, 5) is 22.2. The fourth-order valence-corrected chi connectivity index (χ4v) is 1.85. The van der Waals surface area contributed by atoms with E-state index in [-0.39, 0.29) is 18.3 Å². The molecule has 0 aromatic heterocycles. The van der Waals surface area contributed by atoms with Gasteiger partial charge in [0.05, 0.1) is 0 Å². The van der Waals surface area contributed by atoms with E-state index < -0.39 is 11.5 Å². The van der Waals surface area contributed by atoms with Crippen LogP contribution < -0.4 is 10.6 Å². The molecule has 0 atom stereocenters. The van der Waals surface area contributed by atoms with Gasteiger partial charge in [-0.25, -0.2) is 9.18 Å². The first-order valence-corrected chi connectivity index (χ1v) is 6.81. The van der Waals surface area contributed by atoms with Crippen molar-refractivity contribution in [3.8, 4) is 0 Å². The number of aliphatic carboxylic acids is 1. The lowest BCUT2D eigenvalue weighted by Crippen LogP contribution is -2.48. The van der Waals surface area contributed by atoms with E-state index >= 15 is 0 Å². The molecule has 1 rings (SSSR count). The molecule has 0 radical (unpaired) electrons. The minimum Gasteiger partial charge on any atom is -0.481 e. The van der Waals surface area contributed by atoms with Crippen molar-refractivity contribution in [1.29, 1.82) is 0 Å². The molecule has 0 aliphatic rings. The Balaban J connectivity index is 2.32. The van der Waals surface area contributed by atoms with Crippen LogP contribution in [0.3, 0.4) is 0 Å². The number of urea groups is 1. The third-order valence-electron chi connectivity index (χ3n) is 3.00. The molecular weight excluding hydrogens is 275 g/mol. The van der Waals surface area contributed by atoms with Gasteiger partial charge in [0, 0.05) is 18.5 Å². The standard InChI is InChI=1S/C15H21FN2O3/c1-15(2,8-6-13(19)20)18-14(21)17-9-7-11-4-3-5-12(16)10-11/h3-5,10H,6-9H2,1-2H3,(H,19,20)(H2,17,18,21). The molecule has 0 spiro atoms. The second-order valence-electron chi connectivity index (χ2n) is 5.54. The summed E-state index contributed by atoms with van der Waals surface area (Å²) in [6.45, 7) is 3.91. The van der Waals surface area contributed by atoms with Crippen LogP contribution in [0.2, 0.25) is 0 Å². The molecule has 5 nitrogen and oxygen atoms in total. The van der Waals surface area contributed by atoms with Gasteiger partial charge >= 0.3 is 12.0 Å². The molecule has 6 heteroatoms. The maximum absolute atomic E-state index is 13.0. The lowest BCUT2D eigenvalue weighted by Gasteiger charge is -2.25. The molecule has 0 unspecified atom stereocenters. The molecule has 0 aliphatic heterocycles. The summed E-state index contributed by atoms with van der Waals surface area (Å²) in [5.41, 5.74) is 0.210. The van der Waals surface area contributed by atoms with Gasteiger partial charge in [0.1, 0.15) is 5.82 Å². The van der Waals surface area contributed by atoms with Crippen LogP contribution in [0.25, 0.3) is 0 Å². The van der Waals surface area contributed by atoms with Crippen LogP contribution >= 0.6 is 0 Å². The predicted octanol–water partition coefficient (Wildman–Crippen LogP) is 2.31. The van der Waals surface area contributed by atoms with Crippen LogP contribution in [-0.4, -0.2) is 29.2 Å². The smallest absolute Gasteiger partial charge is 0.315 e. The van der Waals surface area contributed by atoms with E-state index in [1.165, 1.54) is 12.1 Å². The highest BCUT2D eigenvalue weighted by atomic mass is 19.1. The largest absolute Gasteiger partial charge is 0.481 e. The van der Waals surface area contributed by atoms with Gasteiger partial charge in [-0.05, 0) is 44.4 Å². The zero-order valence-corrected chi connectivity index (χ0v) is 12.3. The molecule has 0 saturated heterocycles. The van der Waals surface area contributed by atoms with E-state index in [0.717, 1.165) is 5.56 Å². The molecule has 21 heavy (non-hydrogen) atoms. The SMILES string of the molecule is CC(C)(CCC(=O)O)NC(=O)NCCc1cccc(F)c1. The maximum atomic E-state index is 13.0. The van der Waals surface area contributed by atoms with Gasteiger partial charge in [-0.1, -0.05) is 12.1 Å². The number of amides is 2. The summed E-state index contributed by atoms with van der Waals surface area (Å²) in [7, 11) is 0. The van der Waals surface area contributed by atoms with Crippen molar-refractivity contribution in [1.82, 2.24) is 10.6 Å². The number of carbonyl (C=O) groups excluding carboxylic acids is 1. The van der Waals surface area contributed by atoms with E-state index in [2.05, 4.69) is 10.6 Å². The number of carboxylic acids is 1. The van der Waals surface area contributed by atoms with Gasteiger partial charge in [0.25, 0.3) is 0 Å². The van der Waals surface area contributed by atoms with Crippen LogP contribution in [0.1, 0.15) is 32.3 Å². The van der Waals surface area contributed by atoms with Gasteiger partial charge in [-0.3, -0.25) is 4.79 Å². The van der Waals surface area contributed by atoms with Crippen LogP contribution in [0.15, 0.2) is 24.3 Å². The molecule has 0 bridgehead atoms. The number of rotatable bonds is 7. The van der Waals surface area contributed by atoms with Crippen LogP contribution in [0.4, 0.5) is 9.18 Å². The first kappa shape index (κ1) is 16.9. The summed E-state index contributed by atoms with van der Waals surface area (Å²) in [5, 5.41) is 14.0. The van der Waals surface area contributed by atoms with Crippen molar-refractivity contribution in [2.75, 3.05) is 6.54 Å². The van der Waals surface area contributed by atoms with Crippen molar-refractivity contribution in [2.45, 2.75) is 38.6 Å². The van der Waals surface area contributed by atoms with Gasteiger partial charge in [-0.15, -0.1) is 0 Å².